The second kappa shape index (κ2) is 12.1. The summed E-state index contributed by atoms with van der Waals surface area (Å²) >= 11 is 0. The Kier molecular flexibility index (Phi) is 8.93. The smallest absolute Gasteiger partial charge is 0.213 e. The van der Waals surface area contributed by atoms with Gasteiger partial charge in [-0.25, -0.2) is 4.98 Å². The number of benzene rings is 1. The van der Waals surface area contributed by atoms with Crippen molar-refractivity contribution in [1.29, 1.82) is 0 Å². The fourth-order valence-corrected chi connectivity index (χ4v) is 3.28. The lowest BCUT2D eigenvalue weighted by Crippen LogP contribution is -2.37. The molecule has 162 valence electrons. The standard InChI is InChI=1S/C23H33N5O2/c1-3-12-30-22-9-8-19(15-25-22)16-26-23(24-2)27-17-20-6-4-5-7-21(20)18-28-10-13-29-14-11-28/h4-9,15H,3,10-14,16-18H2,1-2H3,(H2,24,26,27). The van der Waals surface area contributed by atoms with Gasteiger partial charge in [-0.05, 0) is 23.1 Å². The molecule has 2 heterocycles. The lowest BCUT2D eigenvalue weighted by Gasteiger charge is -2.27. The van der Waals surface area contributed by atoms with Crippen LogP contribution in [-0.4, -0.2) is 55.8 Å². The van der Waals surface area contributed by atoms with Gasteiger partial charge in [-0.2, -0.15) is 0 Å². The molecule has 0 radical (unpaired) electrons. The maximum Gasteiger partial charge on any atom is 0.213 e. The van der Waals surface area contributed by atoms with Gasteiger partial charge in [-0.15, -0.1) is 0 Å². The molecule has 2 N–H and O–H groups in total. The van der Waals surface area contributed by atoms with Gasteiger partial charge in [0.1, 0.15) is 0 Å². The number of guanidine groups is 1. The van der Waals surface area contributed by atoms with Gasteiger partial charge in [-0.1, -0.05) is 37.3 Å². The SMILES string of the molecule is CCCOc1ccc(CNC(=NC)NCc2ccccc2CN2CCOCC2)cn1. The van der Waals surface area contributed by atoms with E-state index in [0.29, 0.717) is 19.0 Å². The van der Waals surface area contributed by atoms with Crippen LogP contribution >= 0.6 is 0 Å². The predicted octanol–water partition coefficient (Wildman–Crippen LogP) is 2.57. The van der Waals surface area contributed by atoms with Gasteiger partial charge >= 0.3 is 0 Å². The van der Waals surface area contributed by atoms with E-state index in [2.05, 4.69) is 56.7 Å². The van der Waals surface area contributed by atoms with E-state index >= 15 is 0 Å². The summed E-state index contributed by atoms with van der Waals surface area (Å²) < 4.78 is 11.0. The van der Waals surface area contributed by atoms with Crippen LogP contribution in [0.15, 0.2) is 47.6 Å². The number of hydrogen-bond acceptors (Lipinski definition) is 5. The molecule has 3 rings (SSSR count). The minimum absolute atomic E-state index is 0.649. The Morgan fingerprint density at radius 2 is 1.87 bits per heavy atom. The van der Waals surface area contributed by atoms with Crippen LogP contribution in [0.3, 0.4) is 0 Å². The van der Waals surface area contributed by atoms with Gasteiger partial charge in [0.15, 0.2) is 5.96 Å². The van der Waals surface area contributed by atoms with E-state index in [4.69, 9.17) is 9.47 Å². The number of rotatable bonds is 9. The minimum Gasteiger partial charge on any atom is -0.478 e. The van der Waals surface area contributed by atoms with Crippen molar-refractivity contribution in [2.45, 2.75) is 33.0 Å². The lowest BCUT2D eigenvalue weighted by atomic mass is 10.1. The Morgan fingerprint density at radius 1 is 1.10 bits per heavy atom. The number of pyridine rings is 1. The van der Waals surface area contributed by atoms with Crippen LogP contribution in [0.25, 0.3) is 0 Å². The van der Waals surface area contributed by atoms with Crippen molar-refractivity contribution >= 4 is 5.96 Å². The zero-order valence-electron chi connectivity index (χ0n) is 18.1. The van der Waals surface area contributed by atoms with E-state index in [1.807, 2.05) is 18.3 Å². The molecule has 30 heavy (non-hydrogen) atoms. The molecule has 1 aromatic heterocycles. The fourth-order valence-electron chi connectivity index (χ4n) is 3.28. The topological polar surface area (TPSA) is 71.0 Å². The summed E-state index contributed by atoms with van der Waals surface area (Å²) in [5.41, 5.74) is 3.70. The molecule has 0 spiro atoms. The normalized spacial score (nSPS) is 15.1. The second-order valence-electron chi connectivity index (χ2n) is 7.29. The molecule has 7 heteroatoms. The van der Waals surface area contributed by atoms with Crippen molar-refractivity contribution < 1.29 is 9.47 Å². The Hall–Kier alpha value is -2.64. The highest BCUT2D eigenvalue weighted by atomic mass is 16.5. The number of aliphatic imine (C=N–C) groups is 1. The van der Waals surface area contributed by atoms with Crippen LogP contribution in [0, 0.1) is 0 Å². The molecule has 0 aliphatic carbocycles. The average molecular weight is 412 g/mol. The fraction of sp³-hybridized carbons (Fsp3) is 0.478. The summed E-state index contributed by atoms with van der Waals surface area (Å²) in [5, 5.41) is 6.77. The molecule has 1 aromatic carbocycles. The monoisotopic (exact) mass is 411 g/mol. The van der Waals surface area contributed by atoms with Crippen molar-refractivity contribution in [2.75, 3.05) is 40.0 Å². The Morgan fingerprint density at radius 3 is 2.57 bits per heavy atom. The van der Waals surface area contributed by atoms with E-state index in [1.165, 1.54) is 11.1 Å². The van der Waals surface area contributed by atoms with Crippen molar-refractivity contribution in [3.05, 3.63) is 59.3 Å². The molecule has 7 nitrogen and oxygen atoms in total. The van der Waals surface area contributed by atoms with Crippen molar-refractivity contribution in [3.63, 3.8) is 0 Å². The van der Waals surface area contributed by atoms with Gasteiger partial charge < -0.3 is 20.1 Å². The third kappa shape index (κ3) is 7.00. The van der Waals surface area contributed by atoms with Gasteiger partial charge in [0.25, 0.3) is 0 Å². The molecule has 1 saturated heterocycles. The van der Waals surface area contributed by atoms with Crippen molar-refractivity contribution in [2.24, 2.45) is 4.99 Å². The Bertz CT molecular complexity index is 788. The highest BCUT2D eigenvalue weighted by molar-refractivity contribution is 5.79. The summed E-state index contributed by atoms with van der Waals surface area (Å²) in [7, 11) is 1.79. The van der Waals surface area contributed by atoms with E-state index in [-0.39, 0.29) is 0 Å². The molecule has 2 aromatic rings. The minimum atomic E-state index is 0.649. The molecule has 0 unspecified atom stereocenters. The van der Waals surface area contributed by atoms with Crippen molar-refractivity contribution in [1.82, 2.24) is 20.5 Å². The number of nitrogens with one attached hydrogen (secondary N) is 2. The Labute approximate surface area is 179 Å². The first-order valence-corrected chi connectivity index (χ1v) is 10.7. The predicted molar refractivity (Wildman–Crippen MR) is 120 cm³/mol. The quantitative estimate of drug-likeness (QED) is 0.488. The van der Waals surface area contributed by atoms with Crippen LogP contribution in [-0.2, 0) is 24.4 Å². The number of nitrogens with zero attached hydrogens (tertiary/aromatic N) is 3. The Balaban J connectivity index is 1.49. The third-order valence-electron chi connectivity index (χ3n) is 5.00. The van der Waals surface area contributed by atoms with Gasteiger partial charge in [0, 0.05) is 52.0 Å². The molecule has 1 aliphatic rings. The molecule has 0 amide bonds. The van der Waals surface area contributed by atoms with Crippen molar-refractivity contribution in [3.8, 4) is 5.88 Å². The summed E-state index contributed by atoms with van der Waals surface area (Å²) in [6.07, 6.45) is 2.81. The first-order chi connectivity index (χ1) is 14.8. The van der Waals surface area contributed by atoms with Gasteiger partial charge in [0.2, 0.25) is 5.88 Å². The zero-order chi connectivity index (χ0) is 21.0. The summed E-state index contributed by atoms with van der Waals surface area (Å²) in [5.74, 6) is 1.43. The van der Waals surface area contributed by atoms with E-state index in [0.717, 1.165) is 57.3 Å². The van der Waals surface area contributed by atoms with E-state index in [9.17, 15) is 0 Å². The van der Waals surface area contributed by atoms with Crippen LogP contribution in [0.1, 0.15) is 30.0 Å². The first kappa shape index (κ1) is 22.1. The maximum atomic E-state index is 5.53. The van der Waals surface area contributed by atoms with Gasteiger partial charge in [0.05, 0.1) is 19.8 Å². The molecule has 1 fully saturated rings. The summed E-state index contributed by atoms with van der Waals surface area (Å²) in [4.78, 5) is 11.1. The third-order valence-corrected chi connectivity index (χ3v) is 5.00. The average Bonchev–Trinajstić information content (AvgIpc) is 2.80. The van der Waals surface area contributed by atoms with Gasteiger partial charge in [-0.3, -0.25) is 9.89 Å². The number of hydrogen-bond donors (Lipinski definition) is 2. The molecular weight excluding hydrogens is 378 g/mol. The summed E-state index contributed by atoms with van der Waals surface area (Å²) in [6.45, 7) is 8.70. The number of aromatic nitrogens is 1. The van der Waals surface area contributed by atoms with Crippen LogP contribution in [0.2, 0.25) is 0 Å². The van der Waals surface area contributed by atoms with E-state index < -0.39 is 0 Å². The molecule has 0 atom stereocenters. The molecule has 0 bridgehead atoms. The molecule has 1 aliphatic heterocycles. The number of morpholine rings is 1. The van der Waals surface area contributed by atoms with Crippen LogP contribution < -0.4 is 15.4 Å². The zero-order valence-corrected chi connectivity index (χ0v) is 18.1. The first-order valence-electron chi connectivity index (χ1n) is 10.7. The molecular formula is C23H33N5O2. The van der Waals surface area contributed by atoms with Crippen LogP contribution in [0.4, 0.5) is 0 Å². The molecule has 0 saturated carbocycles. The highest BCUT2D eigenvalue weighted by Crippen LogP contribution is 2.13. The lowest BCUT2D eigenvalue weighted by molar-refractivity contribution is 0.0341. The number of ether oxygens (including phenoxy) is 2. The van der Waals surface area contributed by atoms with E-state index in [1.54, 1.807) is 7.05 Å². The second-order valence-corrected chi connectivity index (χ2v) is 7.29. The highest BCUT2D eigenvalue weighted by Gasteiger charge is 2.12. The maximum absolute atomic E-state index is 5.53. The van der Waals surface area contributed by atoms with Crippen LogP contribution in [0.5, 0.6) is 5.88 Å². The summed E-state index contributed by atoms with van der Waals surface area (Å²) in [6, 6.07) is 12.5. The largest absolute Gasteiger partial charge is 0.478 e.